The zero-order valence-electron chi connectivity index (χ0n) is 13.8. The molecule has 8 heteroatoms. The number of amides is 1. The maximum atomic E-state index is 12.6. The van der Waals surface area contributed by atoms with Crippen molar-refractivity contribution in [2.75, 3.05) is 11.3 Å². The molecule has 0 radical (unpaired) electrons. The lowest BCUT2D eigenvalue weighted by atomic mass is 10.1. The van der Waals surface area contributed by atoms with Gasteiger partial charge < -0.3 is 10.5 Å². The van der Waals surface area contributed by atoms with Gasteiger partial charge in [0, 0.05) is 5.56 Å². The van der Waals surface area contributed by atoms with Crippen LogP contribution in [0.1, 0.15) is 33.2 Å². The van der Waals surface area contributed by atoms with E-state index in [1.54, 1.807) is 26.0 Å². The van der Waals surface area contributed by atoms with Crippen molar-refractivity contribution in [3.63, 3.8) is 0 Å². The third kappa shape index (κ3) is 4.16. The van der Waals surface area contributed by atoms with Crippen LogP contribution < -0.4 is 10.5 Å². The number of esters is 1. The molecule has 0 saturated carbocycles. The van der Waals surface area contributed by atoms with Gasteiger partial charge in [0.15, 0.2) is 0 Å². The van der Waals surface area contributed by atoms with Crippen molar-refractivity contribution >= 4 is 27.6 Å². The summed E-state index contributed by atoms with van der Waals surface area (Å²) in [6, 6.07) is 10.1. The van der Waals surface area contributed by atoms with Crippen molar-refractivity contribution in [1.82, 2.24) is 0 Å². The van der Waals surface area contributed by atoms with Crippen molar-refractivity contribution in [2.45, 2.75) is 18.7 Å². The Hall–Kier alpha value is -2.87. The molecule has 1 amide bonds. The first-order valence-corrected chi connectivity index (χ1v) is 8.94. The molecule has 0 bridgehead atoms. The number of rotatable bonds is 6. The van der Waals surface area contributed by atoms with Crippen LogP contribution in [0, 0.1) is 6.92 Å². The van der Waals surface area contributed by atoms with E-state index in [0.29, 0.717) is 5.56 Å². The van der Waals surface area contributed by atoms with Crippen molar-refractivity contribution in [1.29, 1.82) is 0 Å². The lowest BCUT2D eigenvalue weighted by Gasteiger charge is -2.13. The summed E-state index contributed by atoms with van der Waals surface area (Å²) in [5.41, 5.74) is 6.12. The van der Waals surface area contributed by atoms with E-state index in [2.05, 4.69) is 4.72 Å². The molecule has 2 aromatic rings. The van der Waals surface area contributed by atoms with Crippen LogP contribution in [0.3, 0.4) is 0 Å². The zero-order valence-corrected chi connectivity index (χ0v) is 14.6. The molecule has 0 atom stereocenters. The molecule has 2 rings (SSSR count). The van der Waals surface area contributed by atoms with Crippen molar-refractivity contribution < 1.29 is 22.7 Å². The number of aryl methyl sites for hydroxylation is 1. The van der Waals surface area contributed by atoms with E-state index >= 15 is 0 Å². The summed E-state index contributed by atoms with van der Waals surface area (Å²) in [6.45, 7) is 3.47. The number of nitrogens with one attached hydrogen (secondary N) is 1. The van der Waals surface area contributed by atoms with Gasteiger partial charge in [0.1, 0.15) is 0 Å². The molecule has 0 aliphatic carbocycles. The summed E-state index contributed by atoms with van der Waals surface area (Å²) in [4.78, 5) is 23.2. The second kappa shape index (κ2) is 7.35. The Labute approximate surface area is 145 Å². The van der Waals surface area contributed by atoms with Gasteiger partial charge in [-0.15, -0.1) is 0 Å². The largest absolute Gasteiger partial charge is 0.462 e. The number of ether oxygens (including phenoxy) is 1. The van der Waals surface area contributed by atoms with E-state index in [9.17, 15) is 18.0 Å². The lowest BCUT2D eigenvalue weighted by molar-refractivity contribution is 0.0527. The number of primary amides is 1. The van der Waals surface area contributed by atoms with Crippen LogP contribution in [-0.4, -0.2) is 26.9 Å². The van der Waals surface area contributed by atoms with Gasteiger partial charge in [-0.05, 0) is 43.7 Å². The number of carbonyl (C=O) groups is 2. The van der Waals surface area contributed by atoms with Gasteiger partial charge in [0.2, 0.25) is 5.91 Å². The molecule has 0 spiro atoms. The number of carbonyl (C=O) groups excluding carboxylic acids is 2. The Morgan fingerprint density at radius 1 is 1.12 bits per heavy atom. The molecule has 3 N–H and O–H groups in total. The molecule has 25 heavy (non-hydrogen) atoms. The normalized spacial score (nSPS) is 11.0. The van der Waals surface area contributed by atoms with E-state index in [-0.39, 0.29) is 28.3 Å². The predicted molar refractivity (Wildman–Crippen MR) is 92.9 cm³/mol. The van der Waals surface area contributed by atoms with Gasteiger partial charge in [-0.25, -0.2) is 13.2 Å². The summed E-state index contributed by atoms with van der Waals surface area (Å²) in [5.74, 6) is -1.36. The summed E-state index contributed by atoms with van der Waals surface area (Å²) >= 11 is 0. The molecule has 0 heterocycles. The minimum atomic E-state index is -4.02. The van der Waals surface area contributed by atoms with E-state index in [4.69, 9.17) is 10.5 Å². The lowest BCUT2D eigenvalue weighted by Crippen LogP contribution is -2.18. The fourth-order valence-corrected chi connectivity index (χ4v) is 3.30. The number of sulfonamides is 1. The van der Waals surface area contributed by atoms with Crippen molar-refractivity contribution in [2.24, 2.45) is 5.73 Å². The predicted octanol–water partition coefficient (Wildman–Crippen LogP) is 2.07. The molecule has 0 fully saturated rings. The number of benzene rings is 2. The third-order valence-corrected chi connectivity index (χ3v) is 4.81. The first-order valence-electron chi connectivity index (χ1n) is 7.45. The van der Waals surface area contributed by atoms with Crippen LogP contribution in [0.2, 0.25) is 0 Å². The molecule has 0 saturated heterocycles. The summed E-state index contributed by atoms with van der Waals surface area (Å²) in [5, 5.41) is 0. The average Bonchev–Trinajstić information content (AvgIpc) is 2.55. The highest BCUT2D eigenvalue weighted by Crippen LogP contribution is 2.22. The Morgan fingerprint density at radius 2 is 1.80 bits per heavy atom. The molecule has 132 valence electrons. The molecular formula is C17H18N2O5S. The Bertz CT molecular complexity index is 922. The number of anilines is 1. The van der Waals surface area contributed by atoms with Gasteiger partial charge in [-0.3, -0.25) is 9.52 Å². The van der Waals surface area contributed by atoms with E-state index < -0.39 is 21.9 Å². The van der Waals surface area contributed by atoms with Gasteiger partial charge in [-0.1, -0.05) is 18.2 Å². The fraction of sp³-hybridized carbons (Fsp3) is 0.176. The van der Waals surface area contributed by atoms with Gasteiger partial charge >= 0.3 is 5.97 Å². The third-order valence-electron chi connectivity index (χ3n) is 3.45. The van der Waals surface area contributed by atoms with Gasteiger partial charge in [0.25, 0.3) is 10.0 Å². The topological polar surface area (TPSA) is 116 Å². The highest BCUT2D eigenvalue weighted by molar-refractivity contribution is 7.92. The molecular weight excluding hydrogens is 344 g/mol. The molecule has 0 unspecified atom stereocenters. The van der Waals surface area contributed by atoms with Gasteiger partial charge in [0.05, 0.1) is 22.8 Å². The van der Waals surface area contributed by atoms with Crippen molar-refractivity contribution in [3.8, 4) is 0 Å². The van der Waals surface area contributed by atoms with Crippen molar-refractivity contribution in [3.05, 3.63) is 59.2 Å². The van der Waals surface area contributed by atoms with Crippen LogP contribution in [0.4, 0.5) is 5.69 Å². The van der Waals surface area contributed by atoms with E-state index in [1.165, 1.54) is 30.3 Å². The maximum absolute atomic E-state index is 12.6. The summed E-state index contributed by atoms with van der Waals surface area (Å²) < 4.78 is 32.5. The van der Waals surface area contributed by atoms with Crippen LogP contribution >= 0.6 is 0 Å². The van der Waals surface area contributed by atoms with Crippen LogP contribution in [0.5, 0.6) is 0 Å². The highest BCUT2D eigenvalue weighted by atomic mass is 32.2. The first-order chi connectivity index (χ1) is 11.8. The quantitative estimate of drug-likeness (QED) is 0.763. The molecule has 0 aromatic heterocycles. The Kier molecular flexibility index (Phi) is 5.43. The highest BCUT2D eigenvalue weighted by Gasteiger charge is 2.20. The van der Waals surface area contributed by atoms with Crippen LogP contribution in [0.25, 0.3) is 0 Å². The maximum Gasteiger partial charge on any atom is 0.340 e. The van der Waals surface area contributed by atoms with Crippen LogP contribution in [-0.2, 0) is 14.8 Å². The second-order valence-electron chi connectivity index (χ2n) is 5.21. The fourth-order valence-electron chi connectivity index (χ4n) is 2.20. The number of hydrogen-bond acceptors (Lipinski definition) is 5. The first kappa shape index (κ1) is 18.5. The van der Waals surface area contributed by atoms with Crippen LogP contribution in [0.15, 0.2) is 47.4 Å². The molecule has 7 nitrogen and oxygen atoms in total. The number of nitrogens with two attached hydrogens (primary N) is 1. The summed E-state index contributed by atoms with van der Waals surface area (Å²) in [7, 11) is -4.02. The summed E-state index contributed by atoms with van der Waals surface area (Å²) in [6.07, 6.45) is 0. The van der Waals surface area contributed by atoms with Gasteiger partial charge in [-0.2, -0.15) is 0 Å². The van der Waals surface area contributed by atoms with E-state index in [0.717, 1.165) is 0 Å². The second-order valence-corrected chi connectivity index (χ2v) is 6.89. The Balaban J connectivity index is 2.42. The Morgan fingerprint density at radius 3 is 2.44 bits per heavy atom. The molecule has 0 aliphatic rings. The number of hydrogen-bond donors (Lipinski definition) is 2. The minimum absolute atomic E-state index is 0.0853. The smallest absolute Gasteiger partial charge is 0.340 e. The zero-order chi connectivity index (χ0) is 18.6. The molecule has 0 aliphatic heterocycles. The monoisotopic (exact) mass is 362 g/mol. The number of para-hydroxylation sites is 1. The van der Waals surface area contributed by atoms with E-state index in [1.807, 2.05) is 0 Å². The standard InChI is InChI=1S/C17H18N2O5S/c1-3-24-17(21)13-6-4-5-7-15(13)19-25(22,23)12-9-8-11(2)14(10-12)16(18)20/h4-10,19H,3H2,1-2H3,(H2,18,20). The average molecular weight is 362 g/mol. The SMILES string of the molecule is CCOC(=O)c1ccccc1NS(=O)(=O)c1ccc(C)c(C(N)=O)c1. The minimum Gasteiger partial charge on any atom is -0.462 e. The molecule has 2 aromatic carbocycles.